The fourth-order valence-corrected chi connectivity index (χ4v) is 3.69. The van der Waals surface area contributed by atoms with Crippen molar-refractivity contribution in [3.63, 3.8) is 0 Å². The van der Waals surface area contributed by atoms with Gasteiger partial charge in [0.2, 0.25) is 0 Å². The highest BCUT2D eigenvalue weighted by Gasteiger charge is 2.40. The van der Waals surface area contributed by atoms with Crippen LogP contribution in [0.2, 0.25) is 18.1 Å². The smallest absolute Gasteiger partial charge is 0.192 e. The maximum Gasteiger partial charge on any atom is 0.192 e. The molecule has 0 radical (unpaired) electrons. The Bertz CT molecular complexity index is 523. The van der Waals surface area contributed by atoms with Crippen molar-refractivity contribution in [1.29, 1.82) is 5.26 Å². The Kier molecular flexibility index (Phi) is 3.59. The summed E-state index contributed by atoms with van der Waals surface area (Å²) < 4.78 is 6.52. The minimum absolute atomic E-state index is 0.184. The Morgan fingerprint density at radius 1 is 1.32 bits per heavy atom. The summed E-state index contributed by atoms with van der Waals surface area (Å²) in [5, 5.41) is 9.39. The second-order valence-electron chi connectivity index (χ2n) is 6.89. The maximum atomic E-state index is 9.17. The predicted octanol–water partition coefficient (Wildman–Crippen LogP) is 4.57. The lowest BCUT2D eigenvalue weighted by atomic mass is 10.0. The molecule has 3 heteroatoms. The van der Waals surface area contributed by atoms with Crippen LogP contribution in [0.25, 0.3) is 0 Å². The molecule has 1 aliphatic carbocycles. The highest BCUT2D eigenvalue weighted by molar-refractivity contribution is 6.74. The third kappa shape index (κ3) is 2.61. The topological polar surface area (TPSA) is 33.0 Å². The molecule has 0 saturated heterocycles. The number of nitriles is 1. The van der Waals surface area contributed by atoms with Crippen LogP contribution >= 0.6 is 0 Å². The summed E-state index contributed by atoms with van der Waals surface area (Å²) in [6, 6.07) is 8.31. The molecule has 0 heterocycles. The molecule has 0 amide bonds. The lowest BCUT2D eigenvalue weighted by Gasteiger charge is -2.38. The van der Waals surface area contributed by atoms with Crippen LogP contribution in [0.1, 0.15) is 50.0 Å². The van der Waals surface area contributed by atoms with Gasteiger partial charge in [0.25, 0.3) is 0 Å². The molecule has 1 aromatic rings. The molecular formula is C16H23NOSi. The van der Waals surface area contributed by atoms with Crippen molar-refractivity contribution in [3.8, 4) is 6.07 Å². The standard InChI is InChI=1S/C16H23NOSi/c1-16(2,3)19(4,5)18-15-10-9-13-12(11-17)7-6-8-14(13)15/h6-8,15H,9-10H2,1-5H3/t15-/m0/s1. The minimum Gasteiger partial charge on any atom is -0.410 e. The zero-order valence-corrected chi connectivity index (χ0v) is 13.6. The molecule has 1 atom stereocenters. The molecule has 0 aliphatic heterocycles. The second kappa shape index (κ2) is 4.77. The molecule has 0 aromatic heterocycles. The molecule has 0 unspecified atom stereocenters. The van der Waals surface area contributed by atoms with E-state index in [1.165, 1.54) is 11.1 Å². The van der Waals surface area contributed by atoms with Gasteiger partial charge in [0.15, 0.2) is 8.32 Å². The van der Waals surface area contributed by atoms with Gasteiger partial charge in [0, 0.05) is 0 Å². The number of hydrogen-bond acceptors (Lipinski definition) is 2. The van der Waals surface area contributed by atoms with E-state index >= 15 is 0 Å². The fourth-order valence-electron chi connectivity index (χ4n) is 2.38. The van der Waals surface area contributed by atoms with Crippen LogP contribution in [-0.2, 0) is 10.8 Å². The molecule has 19 heavy (non-hydrogen) atoms. The molecule has 0 N–H and O–H groups in total. The number of fused-ring (bicyclic) bond motifs is 1. The summed E-state index contributed by atoms with van der Waals surface area (Å²) in [5.41, 5.74) is 3.26. The van der Waals surface area contributed by atoms with Gasteiger partial charge in [-0.05, 0) is 48.2 Å². The van der Waals surface area contributed by atoms with Crippen LogP contribution in [0, 0.1) is 11.3 Å². The van der Waals surface area contributed by atoms with E-state index in [0.29, 0.717) is 0 Å². The Morgan fingerprint density at radius 2 is 2.00 bits per heavy atom. The lowest BCUT2D eigenvalue weighted by Crippen LogP contribution is -2.41. The van der Waals surface area contributed by atoms with E-state index in [9.17, 15) is 0 Å². The van der Waals surface area contributed by atoms with E-state index in [0.717, 1.165) is 18.4 Å². The van der Waals surface area contributed by atoms with Crippen LogP contribution < -0.4 is 0 Å². The van der Waals surface area contributed by atoms with Gasteiger partial charge in [-0.3, -0.25) is 0 Å². The molecule has 1 aliphatic rings. The van der Waals surface area contributed by atoms with Crippen molar-refractivity contribution in [2.45, 2.75) is 57.8 Å². The Hall–Kier alpha value is -1.11. The summed E-state index contributed by atoms with van der Waals surface area (Å²) in [4.78, 5) is 0. The van der Waals surface area contributed by atoms with Crippen LogP contribution in [0.15, 0.2) is 18.2 Å². The van der Waals surface area contributed by atoms with Gasteiger partial charge in [-0.15, -0.1) is 0 Å². The van der Waals surface area contributed by atoms with Crippen molar-refractivity contribution in [3.05, 3.63) is 34.9 Å². The van der Waals surface area contributed by atoms with E-state index in [2.05, 4.69) is 46.0 Å². The van der Waals surface area contributed by atoms with E-state index in [4.69, 9.17) is 9.69 Å². The van der Waals surface area contributed by atoms with Crippen molar-refractivity contribution < 1.29 is 4.43 Å². The number of rotatable bonds is 2. The maximum absolute atomic E-state index is 9.17. The van der Waals surface area contributed by atoms with Gasteiger partial charge >= 0.3 is 0 Å². The van der Waals surface area contributed by atoms with Gasteiger partial charge < -0.3 is 4.43 Å². The molecule has 2 rings (SSSR count). The van der Waals surface area contributed by atoms with Gasteiger partial charge in [-0.25, -0.2) is 0 Å². The van der Waals surface area contributed by atoms with Crippen molar-refractivity contribution in [1.82, 2.24) is 0 Å². The Morgan fingerprint density at radius 3 is 2.58 bits per heavy atom. The van der Waals surface area contributed by atoms with Crippen LogP contribution in [-0.4, -0.2) is 8.32 Å². The van der Waals surface area contributed by atoms with Crippen LogP contribution in [0.5, 0.6) is 0 Å². The molecule has 2 nitrogen and oxygen atoms in total. The molecule has 0 saturated carbocycles. The minimum atomic E-state index is -1.75. The van der Waals surface area contributed by atoms with Crippen molar-refractivity contribution >= 4 is 8.32 Å². The van der Waals surface area contributed by atoms with Gasteiger partial charge in [0.1, 0.15) is 0 Å². The van der Waals surface area contributed by atoms with Crippen molar-refractivity contribution in [2.75, 3.05) is 0 Å². The molecular weight excluding hydrogens is 250 g/mol. The zero-order chi connectivity index (χ0) is 14.3. The van der Waals surface area contributed by atoms with Gasteiger partial charge in [-0.1, -0.05) is 32.9 Å². The number of benzene rings is 1. The van der Waals surface area contributed by atoms with Crippen molar-refractivity contribution in [2.24, 2.45) is 0 Å². The van der Waals surface area contributed by atoms with Crippen LogP contribution in [0.3, 0.4) is 0 Å². The summed E-state index contributed by atoms with van der Waals surface area (Å²) in [5.74, 6) is 0. The first kappa shape index (κ1) is 14.3. The molecule has 102 valence electrons. The van der Waals surface area contributed by atoms with E-state index in [1.54, 1.807) is 0 Å². The highest BCUT2D eigenvalue weighted by atomic mass is 28.4. The molecule has 1 aromatic carbocycles. The normalized spacial score (nSPS) is 19.1. The average molecular weight is 273 g/mol. The predicted molar refractivity (Wildman–Crippen MR) is 80.5 cm³/mol. The Balaban J connectivity index is 2.28. The first-order chi connectivity index (χ1) is 8.76. The quantitative estimate of drug-likeness (QED) is 0.740. The molecule has 0 fully saturated rings. The number of hydrogen-bond donors (Lipinski definition) is 0. The SMILES string of the molecule is CC(C)(C)[Si](C)(C)O[C@H]1CCc2c(C#N)cccc21. The first-order valence-corrected chi connectivity index (χ1v) is 9.87. The highest BCUT2D eigenvalue weighted by Crippen LogP contribution is 2.44. The lowest BCUT2D eigenvalue weighted by molar-refractivity contribution is 0.185. The average Bonchev–Trinajstić information content (AvgIpc) is 2.70. The molecule has 0 spiro atoms. The van der Waals surface area contributed by atoms with E-state index in [1.807, 2.05) is 12.1 Å². The van der Waals surface area contributed by atoms with E-state index in [-0.39, 0.29) is 11.1 Å². The first-order valence-electron chi connectivity index (χ1n) is 6.96. The Labute approximate surface area is 117 Å². The third-order valence-corrected chi connectivity index (χ3v) is 9.07. The summed E-state index contributed by atoms with van der Waals surface area (Å²) in [6.45, 7) is 11.4. The summed E-state index contributed by atoms with van der Waals surface area (Å²) in [6.07, 6.45) is 2.17. The fraction of sp³-hybridized carbons (Fsp3) is 0.562. The largest absolute Gasteiger partial charge is 0.410 e. The third-order valence-electron chi connectivity index (χ3n) is 4.58. The molecule has 0 bridgehead atoms. The second-order valence-corrected chi connectivity index (χ2v) is 11.6. The van der Waals surface area contributed by atoms with E-state index < -0.39 is 8.32 Å². The van der Waals surface area contributed by atoms with Gasteiger partial charge in [0.05, 0.1) is 17.7 Å². The van der Waals surface area contributed by atoms with Gasteiger partial charge in [-0.2, -0.15) is 5.26 Å². The monoisotopic (exact) mass is 273 g/mol. The number of nitrogens with zero attached hydrogens (tertiary/aromatic N) is 1. The zero-order valence-electron chi connectivity index (χ0n) is 12.6. The summed E-state index contributed by atoms with van der Waals surface area (Å²) in [7, 11) is -1.75. The van der Waals surface area contributed by atoms with Crippen LogP contribution in [0.4, 0.5) is 0 Å². The summed E-state index contributed by atoms with van der Waals surface area (Å²) >= 11 is 0.